The SMILES string of the molecule is CCCNCC1(c2cc(C)cc(C)c2)CC(CC)(CC)C1. The number of benzene rings is 1. The van der Waals surface area contributed by atoms with Crippen LogP contribution in [0.25, 0.3) is 0 Å². The zero-order valence-corrected chi connectivity index (χ0v) is 14.7. The van der Waals surface area contributed by atoms with E-state index in [4.69, 9.17) is 0 Å². The van der Waals surface area contributed by atoms with Gasteiger partial charge in [-0.15, -0.1) is 0 Å². The molecule has 0 unspecified atom stereocenters. The minimum Gasteiger partial charge on any atom is -0.316 e. The first-order chi connectivity index (χ1) is 9.99. The number of aryl methyl sites for hydroxylation is 2. The Bertz CT molecular complexity index is 442. The molecule has 1 aromatic carbocycles. The predicted molar refractivity (Wildman–Crippen MR) is 93.0 cm³/mol. The molecule has 0 bridgehead atoms. The first-order valence-electron chi connectivity index (χ1n) is 8.79. The van der Waals surface area contributed by atoms with Crippen molar-refractivity contribution in [3.8, 4) is 0 Å². The van der Waals surface area contributed by atoms with Gasteiger partial charge in [0, 0.05) is 12.0 Å². The van der Waals surface area contributed by atoms with E-state index in [1.165, 1.54) is 43.2 Å². The van der Waals surface area contributed by atoms with E-state index in [0.29, 0.717) is 10.8 Å². The third-order valence-corrected chi connectivity index (χ3v) is 5.65. The third kappa shape index (κ3) is 3.34. The monoisotopic (exact) mass is 287 g/mol. The van der Waals surface area contributed by atoms with Gasteiger partial charge in [-0.05, 0) is 50.6 Å². The lowest BCUT2D eigenvalue weighted by molar-refractivity contribution is 0.0129. The lowest BCUT2D eigenvalue weighted by atomic mass is 9.48. The van der Waals surface area contributed by atoms with Gasteiger partial charge in [0.15, 0.2) is 0 Å². The van der Waals surface area contributed by atoms with Gasteiger partial charge in [0.25, 0.3) is 0 Å². The molecule has 0 aromatic heterocycles. The second kappa shape index (κ2) is 6.52. The van der Waals surface area contributed by atoms with Gasteiger partial charge in [0.2, 0.25) is 0 Å². The summed E-state index contributed by atoms with van der Waals surface area (Å²) in [6.07, 6.45) is 6.57. The molecule has 1 N–H and O–H groups in total. The van der Waals surface area contributed by atoms with E-state index >= 15 is 0 Å². The molecule has 1 aromatic rings. The molecule has 1 fully saturated rings. The van der Waals surface area contributed by atoms with Crippen LogP contribution in [-0.2, 0) is 5.41 Å². The molecule has 1 saturated carbocycles. The largest absolute Gasteiger partial charge is 0.316 e. The van der Waals surface area contributed by atoms with Crippen molar-refractivity contribution in [1.82, 2.24) is 5.32 Å². The van der Waals surface area contributed by atoms with Crippen molar-refractivity contribution in [2.45, 2.75) is 72.1 Å². The fourth-order valence-corrected chi connectivity index (χ4v) is 4.35. The molecule has 0 aliphatic heterocycles. The van der Waals surface area contributed by atoms with Crippen molar-refractivity contribution in [3.05, 3.63) is 34.9 Å². The molecular weight excluding hydrogens is 254 g/mol. The second-order valence-corrected chi connectivity index (χ2v) is 7.39. The van der Waals surface area contributed by atoms with E-state index in [1.54, 1.807) is 5.56 Å². The van der Waals surface area contributed by atoms with E-state index in [9.17, 15) is 0 Å². The molecule has 0 radical (unpaired) electrons. The molecule has 0 amide bonds. The summed E-state index contributed by atoms with van der Waals surface area (Å²) < 4.78 is 0. The van der Waals surface area contributed by atoms with Gasteiger partial charge in [-0.25, -0.2) is 0 Å². The summed E-state index contributed by atoms with van der Waals surface area (Å²) in [5, 5.41) is 3.70. The van der Waals surface area contributed by atoms with Crippen LogP contribution >= 0.6 is 0 Å². The Morgan fingerprint density at radius 2 is 1.52 bits per heavy atom. The van der Waals surface area contributed by atoms with Crippen LogP contribution in [-0.4, -0.2) is 13.1 Å². The highest BCUT2D eigenvalue weighted by Gasteiger charge is 2.52. The highest BCUT2D eigenvalue weighted by Crippen LogP contribution is 2.59. The smallest absolute Gasteiger partial charge is 0.00885 e. The number of hydrogen-bond donors (Lipinski definition) is 1. The van der Waals surface area contributed by atoms with Crippen LogP contribution in [0.5, 0.6) is 0 Å². The lowest BCUT2D eigenvalue weighted by Crippen LogP contribution is -2.54. The highest BCUT2D eigenvalue weighted by molar-refractivity contribution is 5.37. The van der Waals surface area contributed by atoms with Gasteiger partial charge in [-0.1, -0.05) is 62.9 Å². The first-order valence-corrected chi connectivity index (χ1v) is 8.79. The Kier molecular flexibility index (Phi) is 5.14. The van der Waals surface area contributed by atoms with Gasteiger partial charge in [-0.2, -0.15) is 0 Å². The molecule has 0 spiro atoms. The Morgan fingerprint density at radius 1 is 0.952 bits per heavy atom. The van der Waals surface area contributed by atoms with Crippen LogP contribution in [0.3, 0.4) is 0 Å². The predicted octanol–water partition coefficient (Wildman–Crippen LogP) is 5.14. The molecular formula is C20H33N. The van der Waals surface area contributed by atoms with Crippen molar-refractivity contribution in [2.75, 3.05) is 13.1 Å². The average Bonchev–Trinajstić information content (AvgIpc) is 2.41. The molecule has 1 nitrogen and oxygen atoms in total. The maximum absolute atomic E-state index is 3.70. The zero-order valence-electron chi connectivity index (χ0n) is 14.7. The summed E-state index contributed by atoms with van der Waals surface area (Å²) in [7, 11) is 0. The van der Waals surface area contributed by atoms with Crippen LogP contribution < -0.4 is 5.32 Å². The van der Waals surface area contributed by atoms with Crippen molar-refractivity contribution in [2.24, 2.45) is 5.41 Å². The first kappa shape index (κ1) is 16.5. The summed E-state index contributed by atoms with van der Waals surface area (Å²) in [5.41, 5.74) is 5.35. The van der Waals surface area contributed by atoms with Crippen molar-refractivity contribution in [3.63, 3.8) is 0 Å². The number of nitrogens with one attached hydrogen (secondary N) is 1. The molecule has 0 saturated heterocycles. The van der Waals surface area contributed by atoms with E-state index in [1.807, 2.05) is 0 Å². The van der Waals surface area contributed by atoms with Gasteiger partial charge in [0.1, 0.15) is 0 Å². The molecule has 21 heavy (non-hydrogen) atoms. The normalized spacial score (nSPS) is 19.3. The summed E-state index contributed by atoms with van der Waals surface area (Å²) in [6, 6.07) is 7.15. The van der Waals surface area contributed by atoms with Crippen LogP contribution in [0.15, 0.2) is 18.2 Å². The van der Waals surface area contributed by atoms with Gasteiger partial charge in [-0.3, -0.25) is 0 Å². The number of rotatable bonds is 7. The van der Waals surface area contributed by atoms with Crippen LogP contribution in [0.2, 0.25) is 0 Å². The Hall–Kier alpha value is -0.820. The molecule has 1 aliphatic rings. The van der Waals surface area contributed by atoms with Crippen molar-refractivity contribution < 1.29 is 0 Å². The quantitative estimate of drug-likeness (QED) is 0.685. The highest BCUT2D eigenvalue weighted by atomic mass is 14.9. The molecule has 1 heteroatoms. The van der Waals surface area contributed by atoms with Crippen LogP contribution in [0, 0.1) is 19.3 Å². The van der Waals surface area contributed by atoms with Crippen LogP contribution in [0.4, 0.5) is 0 Å². The van der Waals surface area contributed by atoms with E-state index in [0.717, 1.165) is 13.1 Å². The molecule has 1 aliphatic carbocycles. The van der Waals surface area contributed by atoms with E-state index < -0.39 is 0 Å². The summed E-state index contributed by atoms with van der Waals surface area (Å²) in [5.74, 6) is 0. The summed E-state index contributed by atoms with van der Waals surface area (Å²) >= 11 is 0. The Labute approximate surface area is 131 Å². The summed E-state index contributed by atoms with van der Waals surface area (Å²) in [6.45, 7) is 13.7. The average molecular weight is 287 g/mol. The second-order valence-electron chi connectivity index (χ2n) is 7.39. The van der Waals surface area contributed by atoms with Crippen LogP contribution in [0.1, 0.15) is 69.6 Å². The zero-order chi connectivity index (χ0) is 15.5. The van der Waals surface area contributed by atoms with Gasteiger partial charge >= 0.3 is 0 Å². The minimum absolute atomic E-state index is 0.373. The fourth-order valence-electron chi connectivity index (χ4n) is 4.35. The minimum atomic E-state index is 0.373. The van der Waals surface area contributed by atoms with Gasteiger partial charge in [0.05, 0.1) is 0 Å². The topological polar surface area (TPSA) is 12.0 Å². The maximum atomic E-state index is 3.70. The Balaban J connectivity index is 2.25. The standard InChI is InChI=1S/C20H33N/c1-6-9-21-15-20(13-19(7-2,8-3)14-20)18-11-16(4)10-17(5)12-18/h10-12,21H,6-9,13-15H2,1-5H3. The maximum Gasteiger partial charge on any atom is 0.00885 e. The lowest BCUT2D eigenvalue weighted by Gasteiger charge is -2.57. The molecule has 2 rings (SSSR count). The Morgan fingerprint density at radius 3 is 2.00 bits per heavy atom. The van der Waals surface area contributed by atoms with E-state index in [-0.39, 0.29) is 0 Å². The molecule has 0 atom stereocenters. The third-order valence-electron chi connectivity index (χ3n) is 5.65. The molecule has 118 valence electrons. The molecule has 0 heterocycles. The van der Waals surface area contributed by atoms with E-state index in [2.05, 4.69) is 58.1 Å². The number of hydrogen-bond acceptors (Lipinski definition) is 1. The fraction of sp³-hybridized carbons (Fsp3) is 0.700. The summed E-state index contributed by atoms with van der Waals surface area (Å²) in [4.78, 5) is 0. The van der Waals surface area contributed by atoms with Crippen molar-refractivity contribution in [1.29, 1.82) is 0 Å². The van der Waals surface area contributed by atoms with Gasteiger partial charge < -0.3 is 5.32 Å². The van der Waals surface area contributed by atoms with Crippen molar-refractivity contribution >= 4 is 0 Å².